The van der Waals surface area contributed by atoms with Crippen molar-refractivity contribution in [2.75, 3.05) is 5.01 Å². The molecular weight excluding hydrogens is 417 g/mol. The Bertz CT molecular complexity index is 1030. The van der Waals surface area contributed by atoms with Crippen LogP contribution in [0, 0.1) is 23.0 Å². The van der Waals surface area contributed by atoms with E-state index in [2.05, 4.69) is 4.83 Å². The van der Waals surface area contributed by atoms with Crippen LogP contribution < -0.4 is 9.84 Å². The number of nitrogens with one attached hydrogen (secondary N) is 1. The lowest BCUT2D eigenvalue weighted by atomic mass is 10.1. The van der Waals surface area contributed by atoms with Gasteiger partial charge in [0.2, 0.25) is 5.12 Å². The molecule has 29 heavy (non-hydrogen) atoms. The number of hydrogen-bond donors (Lipinski definition) is 3. The Balaban J connectivity index is 2.06. The number of carbonyl (C=O) groups excluding carboxylic acids is 1. The van der Waals surface area contributed by atoms with Crippen LogP contribution in [-0.2, 0) is 11.0 Å². The van der Waals surface area contributed by atoms with Gasteiger partial charge in [0.05, 0.1) is 22.9 Å². The fraction of sp³-hybridized carbons (Fsp3) is 0.222. The molecule has 0 saturated carbocycles. The Morgan fingerprint density at radius 1 is 1.17 bits per heavy atom. The number of thiol groups is 1. The highest BCUT2D eigenvalue weighted by Gasteiger charge is 2.47. The minimum atomic E-state index is -4.79. The summed E-state index contributed by atoms with van der Waals surface area (Å²) in [5.41, 5.74) is -3.23. The van der Waals surface area contributed by atoms with Gasteiger partial charge >= 0.3 is 6.18 Å². The maximum Gasteiger partial charge on any atom is 0.417 e. The number of aromatic hydroxyl groups is 1. The molecule has 3 rings (SSSR count). The molecule has 154 valence electrons. The largest absolute Gasteiger partial charge is 0.503 e. The zero-order valence-electron chi connectivity index (χ0n) is 15.0. The SMILES string of the molecule is CC1(C)C(=O)[SH](c2ccc(C#N)c(C(F)(F)F)c2)NN1c1cc(F)c(O)c(F)c1. The molecule has 2 aromatic carbocycles. The molecule has 0 amide bonds. The zero-order valence-corrected chi connectivity index (χ0v) is 15.9. The Labute approximate surface area is 164 Å². The van der Waals surface area contributed by atoms with Crippen LogP contribution in [0.4, 0.5) is 27.6 Å². The normalized spacial score (nSPS) is 20.0. The first kappa shape index (κ1) is 20.9. The molecule has 1 unspecified atom stereocenters. The first-order valence-electron chi connectivity index (χ1n) is 8.08. The van der Waals surface area contributed by atoms with E-state index in [1.165, 1.54) is 26.0 Å². The number of nitrogens with zero attached hydrogens (tertiary/aromatic N) is 2. The number of anilines is 1. The van der Waals surface area contributed by atoms with Crippen molar-refractivity contribution in [3.63, 3.8) is 0 Å². The van der Waals surface area contributed by atoms with Gasteiger partial charge in [-0.2, -0.15) is 23.3 Å². The van der Waals surface area contributed by atoms with Crippen molar-refractivity contribution in [1.29, 1.82) is 5.26 Å². The van der Waals surface area contributed by atoms with Crippen molar-refractivity contribution in [2.45, 2.75) is 30.5 Å². The number of phenolic OH excluding ortho intramolecular Hbond substituents is 1. The van der Waals surface area contributed by atoms with Crippen LogP contribution >= 0.6 is 11.1 Å². The van der Waals surface area contributed by atoms with E-state index >= 15 is 0 Å². The van der Waals surface area contributed by atoms with Crippen molar-refractivity contribution < 1.29 is 31.9 Å². The lowest BCUT2D eigenvalue weighted by Crippen LogP contribution is -2.46. The van der Waals surface area contributed by atoms with Crippen LogP contribution in [0.2, 0.25) is 0 Å². The zero-order chi connectivity index (χ0) is 21.7. The number of alkyl halides is 3. The number of nitriles is 1. The minimum Gasteiger partial charge on any atom is -0.503 e. The summed E-state index contributed by atoms with van der Waals surface area (Å²) < 4.78 is 67.3. The maximum atomic E-state index is 13.8. The smallest absolute Gasteiger partial charge is 0.417 e. The second-order valence-electron chi connectivity index (χ2n) is 6.73. The summed E-state index contributed by atoms with van der Waals surface area (Å²) in [7, 11) is 0. The Morgan fingerprint density at radius 2 is 1.76 bits per heavy atom. The molecule has 1 saturated heterocycles. The van der Waals surface area contributed by atoms with E-state index in [0.29, 0.717) is 0 Å². The molecular formula is C18H14F5N3O2S. The van der Waals surface area contributed by atoms with Gasteiger partial charge in [-0.25, -0.2) is 8.78 Å². The van der Waals surface area contributed by atoms with E-state index in [9.17, 15) is 31.9 Å². The monoisotopic (exact) mass is 431 g/mol. The van der Waals surface area contributed by atoms with Gasteiger partial charge in [-0.3, -0.25) is 9.80 Å². The Hall–Kier alpha value is -2.84. The highest BCUT2D eigenvalue weighted by molar-refractivity contribution is 8.28. The second-order valence-corrected chi connectivity index (χ2v) is 8.53. The molecule has 0 spiro atoms. The van der Waals surface area contributed by atoms with Crippen LogP contribution in [0.5, 0.6) is 5.75 Å². The van der Waals surface area contributed by atoms with Gasteiger partial charge in [0, 0.05) is 17.0 Å². The molecule has 2 N–H and O–H groups in total. The average molecular weight is 431 g/mol. The number of hydrogen-bond acceptors (Lipinski definition) is 5. The first-order valence-corrected chi connectivity index (χ1v) is 9.42. The molecule has 1 aliphatic rings. The highest BCUT2D eigenvalue weighted by Crippen LogP contribution is 2.48. The third-order valence-electron chi connectivity index (χ3n) is 4.43. The van der Waals surface area contributed by atoms with Crippen LogP contribution in [-0.4, -0.2) is 15.8 Å². The van der Waals surface area contributed by atoms with Gasteiger partial charge in [0.15, 0.2) is 17.4 Å². The van der Waals surface area contributed by atoms with E-state index in [0.717, 1.165) is 29.3 Å². The molecule has 1 heterocycles. The van der Waals surface area contributed by atoms with Crippen LogP contribution in [0.3, 0.4) is 0 Å². The average Bonchev–Trinajstić information content (AvgIpc) is 2.88. The maximum absolute atomic E-state index is 13.8. The van der Waals surface area contributed by atoms with Gasteiger partial charge in [-0.1, -0.05) is 11.1 Å². The van der Waals surface area contributed by atoms with E-state index in [4.69, 9.17) is 5.26 Å². The summed E-state index contributed by atoms with van der Waals surface area (Å²) in [4.78, 5) is 15.6. The van der Waals surface area contributed by atoms with Crippen LogP contribution in [0.25, 0.3) is 0 Å². The van der Waals surface area contributed by atoms with Crippen molar-refractivity contribution in [2.24, 2.45) is 0 Å². The fourth-order valence-electron chi connectivity index (χ4n) is 2.88. The molecule has 0 aromatic heterocycles. The second kappa shape index (κ2) is 6.89. The molecule has 2 aromatic rings. The Kier molecular flexibility index (Phi) is 4.96. The first-order chi connectivity index (χ1) is 13.4. The molecule has 1 aliphatic heterocycles. The predicted octanol–water partition coefficient (Wildman–Crippen LogP) is 4.17. The third kappa shape index (κ3) is 3.49. The van der Waals surface area contributed by atoms with Crippen LogP contribution in [0.1, 0.15) is 25.0 Å². The van der Waals surface area contributed by atoms with E-state index in [1.54, 1.807) is 0 Å². The van der Waals surface area contributed by atoms with Gasteiger partial charge in [0.1, 0.15) is 5.54 Å². The summed E-state index contributed by atoms with van der Waals surface area (Å²) in [6.45, 7) is 2.89. The van der Waals surface area contributed by atoms with Crippen molar-refractivity contribution in [3.8, 4) is 11.8 Å². The van der Waals surface area contributed by atoms with Gasteiger partial charge < -0.3 is 5.11 Å². The topological polar surface area (TPSA) is 76.4 Å². The fourth-order valence-corrected chi connectivity index (χ4v) is 5.02. The standard InChI is InChI=1S/C18H14F5N3O2S/c1-17(2)16(28)29(11-4-3-9(8-24)12(7-11)18(21,22)23)25-26(17)10-5-13(19)15(27)14(20)6-10/h3-7,25,27,29H,1-2H3. The molecule has 0 radical (unpaired) electrons. The number of rotatable bonds is 2. The van der Waals surface area contributed by atoms with E-state index in [1.807, 2.05) is 0 Å². The number of carbonyl (C=O) groups is 1. The molecule has 0 aliphatic carbocycles. The van der Waals surface area contributed by atoms with Gasteiger partial charge in [0.25, 0.3) is 0 Å². The van der Waals surface area contributed by atoms with Crippen LogP contribution in [0.15, 0.2) is 35.2 Å². The summed E-state index contributed by atoms with van der Waals surface area (Å²) in [6, 6.07) is 6.02. The van der Waals surface area contributed by atoms with Crippen molar-refractivity contribution in [1.82, 2.24) is 4.83 Å². The van der Waals surface area contributed by atoms with E-state index in [-0.39, 0.29) is 10.6 Å². The number of phenols is 1. The van der Waals surface area contributed by atoms with Gasteiger partial charge in [-0.15, -0.1) is 0 Å². The molecule has 11 heteroatoms. The highest BCUT2D eigenvalue weighted by atomic mass is 32.2. The summed E-state index contributed by atoms with van der Waals surface area (Å²) in [6.07, 6.45) is -4.79. The lowest BCUT2D eigenvalue weighted by Gasteiger charge is -2.30. The Morgan fingerprint density at radius 3 is 2.28 bits per heavy atom. The van der Waals surface area contributed by atoms with Gasteiger partial charge in [-0.05, 0) is 32.0 Å². The third-order valence-corrected chi connectivity index (χ3v) is 6.58. The lowest BCUT2D eigenvalue weighted by molar-refractivity contribution is -0.138. The quantitative estimate of drug-likeness (QED) is 0.492. The summed E-state index contributed by atoms with van der Waals surface area (Å²) >= 11 is -2.04. The predicted molar refractivity (Wildman–Crippen MR) is 96.1 cm³/mol. The molecule has 1 atom stereocenters. The summed E-state index contributed by atoms with van der Waals surface area (Å²) in [5, 5.41) is 18.8. The number of halogens is 5. The minimum absolute atomic E-state index is 0.00613. The van der Waals surface area contributed by atoms with Crippen molar-refractivity contribution >= 4 is 21.9 Å². The molecule has 5 nitrogen and oxygen atoms in total. The molecule has 1 fully saturated rings. The summed E-state index contributed by atoms with van der Waals surface area (Å²) in [5.74, 6) is -3.68. The van der Waals surface area contributed by atoms with Crippen molar-refractivity contribution in [3.05, 3.63) is 53.1 Å². The number of benzene rings is 2. The van der Waals surface area contributed by atoms with E-state index < -0.39 is 56.4 Å². The molecule has 0 bridgehead atoms. The number of hydrazine groups is 1.